The molecule has 0 aliphatic carbocycles. The van der Waals surface area contributed by atoms with Gasteiger partial charge in [0, 0.05) is 7.11 Å². The smallest absolute Gasteiger partial charge is 0.216 e. The third-order valence-electron chi connectivity index (χ3n) is 3.68. The van der Waals surface area contributed by atoms with Gasteiger partial charge < -0.3 is 14.2 Å². The first-order chi connectivity index (χ1) is 10.4. The minimum Gasteiger partial charge on any atom is -0.478 e. The fourth-order valence-electron chi connectivity index (χ4n) is 2.52. The van der Waals surface area contributed by atoms with Crippen molar-refractivity contribution in [2.45, 2.75) is 12.2 Å². The lowest BCUT2D eigenvalue weighted by Crippen LogP contribution is -2.39. The second kappa shape index (κ2) is 5.64. The van der Waals surface area contributed by atoms with Gasteiger partial charge in [-0.15, -0.1) is 0 Å². The van der Waals surface area contributed by atoms with Crippen molar-refractivity contribution in [1.29, 1.82) is 0 Å². The van der Waals surface area contributed by atoms with Crippen molar-refractivity contribution in [2.24, 2.45) is 0 Å². The van der Waals surface area contributed by atoms with Gasteiger partial charge in [0.1, 0.15) is 0 Å². The van der Waals surface area contributed by atoms with E-state index in [1.165, 1.54) is 11.4 Å². The van der Waals surface area contributed by atoms with Crippen molar-refractivity contribution < 1.29 is 31.4 Å². The lowest BCUT2D eigenvalue weighted by molar-refractivity contribution is 0.0467. The summed E-state index contributed by atoms with van der Waals surface area (Å²) in [6.45, 7) is 0.136. The molecule has 22 heavy (non-hydrogen) atoms. The lowest BCUT2D eigenvalue weighted by Gasteiger charge is -2.28. The summed E-state index contributed by atoms with van der Waals surface area (Å²) >= 11 is 0. The molecule has 2 atom stereocenters. The predicted octanol–water partition coefficient (Wildman–Crippen LogP) is 0.765. The Morgan fingerprint density at radius 2 is 1.68 bits per heavy atom. The van der Waals surface area contributed by atoms with Crippen LogP contribution in [-0.2, 0) is 14.8 Å². The van der Waals surface area contributed by atoms with Gasteiger partial charge in [0.15, 0.2) is 23.8 Å². The van der Waals surface area contributed by atoms with E-state index in [2.05, 4.69) is 0 Å². The van der Waals surface area contributed by atoms with E-state index in [4.69, 9.17) is 14.2 Å². The normalized spacial score (nSPS) is 24.3. The molecule has 0 unspecified atom stereocenters. The molecular formula is C13H15F2NO5S. The summed E-state index contributed by atoms with van der Waals surface area (Å²) in [5.74, 6) is -2.26. The Kier molecular flexibility index (Phi) is 3.96. The monoisotopic (exact) mass is 335 g/mol. The van der Waals surface area contributed by atoms with Crippen molar-refractivity contribution in [3.8, 4) is 11.5 Å². The van der Waals surface area contributed by atoms with Crippen molar-refractivity contribution >= 4 is 10.0 Å². The van der Waals surface area contributed by atoms with Crippen molar-refractivity contribution in [1.82, 2.24) is 4.31 Å². The summed E-state index contributed by atoms with van der Waals surface area (Å²) in [5.41, 5.74) is 0. The highest BCUT2D eigenvalue weighted by atomic mass is 32.2. The molecule has 0 radical (unpaired) electrons. The Labute approximate surface area is 126 Å². The summed E-state index contributed by atoms with van der Waals surface area (Å²) < 4.78 is 68.4. The Hall–Kier alpha value is -1.45. The number of sulfonamides is 1. The fraction of sp³-hybridized carbons (Fsp3) is 0.538. The van der Waals surface area contributed by atoms with Gasteiger partial charge >= 0.3 is 0 Å². The zero-order valence-electron chi connectivity index (χ0n) is 11.8. The van der Waals surface area contributed by atoms with Gasteiger partial charge in [-0.3, -0.25) is 0 Å². The van der Waals surface area contributed by atoms with Crippen molar-refractivity contribution in [3.05, 3.63) is 23.8 Å². The first-order valence-corrected chi connectivity index (χ1v) is 8.31. The van der Waals surface area contributed by atoms with Crippen LogP contribution in [0.4, 0.5) is 8.78 Å². The standard InChI is InChI=1S/C13H15F2NO5S/c1-19-4-5-22(17,18)16-6-10-11(7-16)21-13-9(15)3-2-8(14)12(13)20-10/h2-3,10-11H,4-7H2,1H3/t10-,11+. The summed E-state index contributed by atoms with van der Waals surface area (Å²) in [6.07, 6.45) is -1.33. The summed E-state index contributed by atoms with van der Waals surface area (Å²) in [6, 6.07) is 1.89. The highest BCUT2D eigenvalue weighted by Crippen LogP contribution is 2.40. The Morgan fingerprint density at radius 1 is 1.18 bits per heavy atom. The maximum Gasteiger partial charge on any atom is 0.216 e. The number of methoxy groups -OCH3 is 1. The van der Waals surface area contributed by atoms with Crippen molar-refractivity contribution in [2.75, 3.05) is 32.6 Å². The highest BCUT2D eigenvalue weighted by Gasteiger charge is 2.45. The van der Waals surface area contributed by atoms with Crippen molar-refractivity contribution in [3.63, 3.8) is 0 Å². The van der Waals surface area contributed by atoms with E-state index in [1.807, 2.05) is 0 Å². The molecule has 1 fully saturated rings. The molecule has 1 saturated heterocycles. The van der Waals surface area contributed by atoms with Crippen LogP contribution in [0.15, 0.2) is 12.1 Å². The summed E-state index contributed by atoms with van der Waals surface area (Å²) in [7, 11) is -2.12. The zero-order valence-corrected chi connectivity index (χ0v) is 12.6. The largest absolute Gasteiger partial charge is 0.478 e. The Morgan fingerprint density at radius 3 is 2.14 bits per heavy atom. The summed E-state index contributed by atoms with van der Waals surface area (Å²) in [5, 5.41) is 0. The summed E-state index contributed by atoms with van der Waals surface area (Å²) in [4.78, 5) is 0. The van der Waals surface area contributed by atoms with Crippen LogP contribution < -0.4 is 9.47 Å². The molecule has 1 aromatic rings. The molecule has 2 aliphatic rings. The number of rotatable bonds is 4. The Balaban J connectivity index is 1.80. The van der Waals surface area contributed by atoms with Crippen LogP contribution >= 0.6 is 0 Å². The molecule has 3 rings (SSSR count). The molecule has 122 valence electrons. The van der Waals surface area contributed by atoms with Gasteiger partial charge in [0.25, 0.3) is 0 Å². The van der Waals surface area contributed by atoms with Crippen LogP contribution in [0.5, 0.6) is 11.5 Å². The average molecular weight is 335 g/mol. The molecule has 6 nitrogen and oxygen atoms in total. The lowest BCUT2D eigenvalue weighted by atomic mass is 10.2. The maximum atomic E-state index is 13.7. The Bertz CT molecular complexity index is 642. The first kappa shape index (κ1) is 15.4. The van der Waals surface area contributed by atoms with Crippen LogP contribution in [0, 0.1) is 11.6 Å². The third-order valence-corrected chi connectivity index (χ3v) is 5.44. The minimum atomic E-state index is -3.53. The van der Waals surface area contributed by atoms with Gasteiger partial charge in [-0.25, -0.2) is 17.2 Å². The SMILES string of the molecule is COCCS(=O)(=O)N1C[C@@H]2Oc3c(F)ccc(F)c3O[C@@H]2C1. The predicted molar refractivity (Wildman–Crippen MR) is 72.4 cm³/mol. The van der Waals surface area contributed by atoms with Gasteiger partial charge in [0.05, 0.1) is 25.4 Å². The first-order valence-electron chi connectivity index (χ1n) is 6.70. The van der Waals surface area contributed by atoms with Gasteiger partial charge in [0.2, 0.25) is 21.5 Å². The van der Waals surface area contributed by atoms with E-state index in [9.17, 15) is 17.2 Å². The molecule has 0 spiro atoms. The average Bonchev–Trinajstić information content (AvgIpc) is 2.91. The van der Waals surface area contributed by atoms with Crippen LogP contribution in [0.1, 0.15) is 0 Å². The number of ether oxygens (including phenoxy) is 3. The zero-order chi connectivity index (χ0) is 15.9. The molecule has 0 N–H and O–H groups in total. The number of hydrogen-bond donors (Lipinski definition) is 0. The molecule has 2 heterocycles. The van der Waals surface area contributed by atoms with E-state index < -0.39 is 33.9 Å². The second-order valence-corrected chi connectivity index (χ2v) is 7.21. The van der Waals surface area contributed by atoms with E-state index >= 15 is 0 Å². The van der Waals surface area contributed by atoms with Gasteiger partial charge in [-0.05, 0) is 12.1 Å². The number of fused-ring (bicyclic) bond motifs is 2. The van der Waals surface area contributed by atoms with E-state index in [-0.39, 0.29) is 36.9 Å². The molecule has 0 amide bonds. The van der Waals surface area contributed by atoms with E-state index in [0.29, 0.717) is 0 Å². The minimum absolute atomic E-state index is 0.0338. The quantitative estimate of drug-likeness (QED) is 0.813. The molecule has 0 aromatic heterocycles. The van der Waals surface area contributed by atoms with Crippen LogP contribution in [0.25, 0.3) is 0 Å². The topological polar surface area (TPSA) is 65.1 Å². The van der Waals surface area contributed by atoms with Gasteiger partial charge in [-0.2, -0.15) is 4.31 Å². The maximum absolute atomic E-state index is 13.7. The number of benzene rings is 1. The molecule has 1 aromatic carbocycles. The molecule has 9 heteroatoms. The molecular weight excluding hydrogens is 320 g/mol. The second-order valence-electron chi connectivity index (χ2n) is 5.13. The van der Waals surface area contributed by atoms with Gasteiger partial charge in [-0.1, -0.05) is 0 Å². The molecule has 0 bridgehead atoms. The van der Waals surface area contributed by atoms with E-state index in [0.717, 1.165) is 12.1 Å². The third kappa shape index (κ3) is 2.64. The van der Waals surface area contributed by atoms with Crippen LogP contribution in [0.3, 0.4) is 0 Å². The number of nitrogens with zero attached hydrogens (tertiary/aromatic N) is 1. The number of halogens is 2. The van der Waals surface area contributed by atoms with E-state index in [1.54, 1.807) is 0 Å². The highest BCUT2D eigenvalue weighted by molar-refractivity contribution is 7.89. The number of hydrogen-bond acceptors (Lipinski definition) is 5. The molecule has 0 saturated carbocycles. The fourth-order valence-corrected chi connectivity index (χ4v) is 3.90. The van der Waals surface area contributed by atoms with Crippen LogP contribution in [-0.4, -0.2) is 57.5 Å². The molecule has 2 aliphatic heterocycles. The van der Waals surface area contributed by atoms with Crippen LogP contribution in [0.2, 0.25) is 0 Å².